The predicted octanol–water partition coefficient (Wildman–Crippen LogP) is 3.43. The first-order valence-electron chi connectivity index (χ1n) is 7.12. The third kappa shape index (κ3) is 4.16. The Morgan fingerprint density at radius 1 is 1.09 bits per heavy atom. The standard InChI is InChI=1S/C17H18BrN3O2/c1-17(2,3)21(16(23)14-10-6-7-11-19-14)20-15(22)12-8-4-5-9-13(12)18/h4-11H,1-3H3,(H,20,22). The van der Waals surface area contributed by atoms with Crippen LogP contribution in [0, 0.1) is 0 Å². The minimum absolute atomic E-state index is 0.273. The number of carbonyl (C=O) groups excluding carboxylic acids is 2. The topological polar surface area (TPSA) is 62.3 Å². The monoisotopic (exact) mass is 375 g/mol. The van der Waals surface area contributed by atoms with Gasteiger partial charge in [0.2, 0.25) is 0 Å². The lowest BCUT2D eigenvalue weighted by Gasteiger charge is -2.35. The summed E-state index contributed by atoms with van der Waals surface area (Å²) in [5.41, 5.74) is 2.81. The Labute approximate surface area is 143 Å². The lowest BCUT2D eigenvalue weighted by atomic mass is 10.1. The fraction of sp³-hybridized carbons (Fsp3) is 0.235. The number of pyridine rings is 1. The lowest BCUT2D eigenvalue weighted by Crippen LogP contribution is -2.56. The molecule has 0 bridgehead atoms. The van der Waals surface area contributed by atoms with E-state index in [0.717, 1.165) is 0 Å². The van der Waals surface area contributed by atoms with Gasteiger partial charge in [-0.2, -0.15) is 0 Å². The van der Waals surface area contributed by atoms with Gasteiger partial charge in [-0.25, -0.2) is 5.01 Å². The molecule has 2 amide bonds. The van der Waals surface area contributed by atoms with E-state index in [2.05, 4.69) is 26.3 Å². The highest BCUT2D eigenvalue weighted by molar-refractivity contribution is 9.10. The molecule has 0 radical (unpaired) electrons. The Morgan fingerprint density at radius 3 is 2.30 bits per heavy atom. The first-order valence-corrected chi connectivity index (χ1v) is 7.91. The lowest BCUT2D eigenvalue weighted by molar-refractivity contribution is 0.0353. The van der Waals surface area contributed by atoms with Crippen molar-refractivity contribution >= 4 is 27.7 Å². The molecule has 0 unspecified atom stereocenters. The molecule has 2 aromatic rings. The first-order chi connectivity index (χ1) is 10.8. The first kappa shape index (κ1) is 17.1. The Hall–Kier alpha value is -2.21. The van der Waals surface area contributed by atoms with Crippen LogP contribution in [-0.2, 0) is 0 Å². The number of rotatable bonds is 2. The van der Waals surface area contributed by atoms with E-state index in [-0.39, 0.29) is 17.5 Å². The highest BCUT2D eigenvalue weighted by Gasteiger charge is 2.30. The van der Waals surface area contributed by atoms with Gasteiger partial charge in [0.1, 0.15) is 5.69 Å². The van der Waals surface area contributed by atoms with Crippen molar-refractivity contribution in [3.8, 4) is 0 Å². The molecular formula is C17H18BrN3O2. The summed E-state index contributed by atoms with van der Waals surface area (Å²) in [6.45, 7) is 5.52. The number of amides is 2. The fourth-order valence-corrected chi connectivity index (χ4v) is 2.40. The van der Waals surface area contributed by atoms with Crippen molar-refractivity contribution in [2.24, 2.45) is 0 Å². The molecule has 6 heteroatoms. The molecule has 2 rings (SSSR count). The summed E-state index contributed by atoms with van der Waals surface area (Å²) in [4.78, 5) is 29.2. The van der Waals surface area contributed by atoms with Crippen molar-refractivity contribution in [2.45, 2.75) is 26.3 Å². The highest BCUT2D eigenvalue weighted by Crippen LogP contribution is 2.18. The number of hydrazine groups is 1. The third-order valence-electron chi connectivity index (χ3n) is 3.09. The molecule has 5 nitrogen and oxygen atoms in total. The number of nitrogens with one attached hydrogen (secondary N) is 1. The SMILES string of the molecule is CC(C)(C)N(NC(=O)c1ccccc1Br)C(=O)c1ccccn1. The molecule has 0 saturated carbocycles. The number of aromatic nitrogens is 1. The molecule has 0 fully saturated rings. The Morgan fingerprint density at radius 2 is 1.74 bits per heavy atom. The molecule has 0 saturated heterocycles. The maximum absolute atomic E-state index is 12.7. The van der Waals surface area contributed by atoms with Gasteiger partial charge in [-0.05, 0) is 61.0 Å². The second-order valence-electron chi connectivity index (χ2n) is 5.95. The largest absolute Gasteiger partial charge is 0.291 e. The van der Waals surface area contributed by atoms with E-state index in [1.54, 1.807) is 42.6 Å². The van der Waals surface area contributed by atoms with Crippen LogP contribution in [0.1, 0.15) is 41.6 Å². The van der Waals surface area contributed by atoms with E-state index < -0.39 is 5.54 Å². The van der Waals surface area contributed by atoms with Crippen molar-refractivity contribution in [1.29, 1.82) is 0 Å². The summed E-state index contributed by atoms with van der Waals surface area (Å²) >= 11 is 3.34. The van der Waals surface area contributed by atoms with Crippen LogP contribution in [0.15, 0.2) is 53.1 Å². The molecule has 1 aromatic carbocycles. The van der Waals surface area contributed by atoms with Crippen molar-refractivity contribution in [3.63, 3.8) is 0 Å². The smallest absolute Gasteiger partial charge is 0.267 e. The number of benzene rings is 1. The molecular weight excluding hydrogens is 358 g/mol. The van der Waals surface area contributed by atoms with Gasteiger partial charge in [0.05, 0.1) is 11.1 Å². The summed E-state index contributed by atoms with van der Waals surface area (Å²) in [5.74, 6) is -0.727. The van der Waals surface area contributed by atoms with Crippen LogP contribution in [0.25, 0.3) is 0 Å². The molecule has 0 spiro atoms. The number of hydrogen-bond acceptors (Lipinski definition) is 3. The van der Waals surface area contributed by atoms with E-state index in [4.69, 9.17) is 0 Å². The predicted molar refractivity (Wildman–Crippen MR) is 91.8 cm³/mol. The fourth-order valence-electron chi connectivity index (χ4n) is 1.93. The van der Waals surface area contributed by atoms with Crippen LogP contribution in [0.3, 0.4) is 0 Å². The van der Waals surface area contributed by atoms with E-state index in [1.807, 2.05) is 26.8 Å². The minimum Gasteiger partial charge on any atom is -0.267 e. The maximum Gasteiger partial charge on any atom is 0.291 e. The Bertz CT molecular complexity index is 711. The number of hydrogen-bond donors (Lipinski definition) is 1. The molecule has 1 aromatic heterocycles. The third-order valence-corrected chi connectivity index (χ3v) is 3.78. The average Bonchev–Trinajstić information content (AvgIpc) is 2.52. The van der Waals surface area contributed by atoms with Gasteiger partial charge in [0.15, 0.2) is 0 Å². The van der Waals surface area contributed by atoms with Crippen molar-refractivity contribution in [2.75, 3.05) is 0 Å². The van der Waals surface area contributed by atoms with E-state index in [0.29, 0.717) is 10.0 Å². The molecule has 0 aliphatic rings. The van der Waals surface area contributed by atoms with E-state index in [1.165, 1.54) is 5.01 Å². The van der Waals surface area contributed by atoms with Crippen LogP contribution < -0.4 is 5.43 Å². The van der Waals surface area contributed by atoms with Gasteiger partial charge >= 0.3 is 0 Å². The van der Waals surface area contributed by atoms with Gasteiger partial charge in [0.25, 0.3) is 11.8 Å². The molecule has 1 heterocycles. The maximum atomic E-state index is 12.7. The summed E-state index contributed by atoms with van der Waals surface area (Å²) in [6.07, 6.45) is 1.55. The average molecular weight is 376 g/mol. The van der Waals surface area contributed by atoms with E-state index in [9.17, 15) is 9.59 Å². The van der Waals surface area contributed by atoms with E-state index >= 15 is 0 Å². The zero-order chi connectivity index (χ0) is 17.0. The van der Waals surface area contributed by atoms with Crippen LogP contribution >= 0.6 is 15.9 Å². The zero-order valence-electron chi connectivity index (χ0n) is 13.2. The Kier molecular flexibility index (Phi) is 5.15. The van der Waals surface area contributed by atoms with Gasteiger partial charge < -0.3 is 0 Å². The van der Waals surface area contributed by atoms with Crippen molar-refractivity contribution in [1.82, 2.24) is 15.4 Å². The van der Waals surface area contributed by atoms with Crippen LogP contribution in [0.4, 0.5) is 0 Å². The van der Waals surface area contributed by atoms with Crippen LogP contribution in [0.5, 0.6) is 0 Å². The van der Waals surface area contributed by atoms with Gasteiger partial charge in [-0.3, -0.25) is 20.0 Å². The molecule has 23 heavy (non-hydrogen) atoms. The molecule has 120 valence electrons. The van der Waals surface area contributed by atoms with Gasteiger partial charge in [0, 0.05) is 10.7 Å². The van der Waals surface area contributed by atoms with Crippen LogP contribution in [0.2, 0.25) is 0 Å². The van der Waals surface area contributed by atoms with Crippen LogP contribution in [-0.4, -0.2) is 27.3 Å². The second-order valence-corrected chi connectivity index (χ2v) is 6.80. The molecule has 0 aliphatic carbocycles. The summed E-state index contributed by atoms with van der Waals surface area (Å²) in [7, 11) is 0. The second kappa shape index (κ2) is 6.91. The molecule has 0 aliphatic heterocycles. The minimum atomic E-state index is -0.606. The van der Waals surface area contributed by atoms with Crippen molar-refractivity contribution < 1.29 is 9.59 Å². The molecule has 0 atom stereocenters. The number of carbonyl (C=O) groups is 2. The number of nitrogens with zero attached hydrogens (tertiary/aromatic N) is 2. The van der Waals surface area contributed by atoms with Gasteiger partial charge in [-0.15, -0.1) is 0 Å². The van der Waals surface area contributed by atoms with Gasteiger partial charge in [-0.1, -0.05) is 18.2 Å². The summed E-state index contributed by atoms with van der Waals surface area (Å²) in [5, 5.41) is 1.30. The number of halogens is 1. The molecule has 1 N–H and O–H groups in total. The summed E-state index contributed by atoms with van der Waals surface area (Å²) < 4.78 is 0.664. The van der Waals surface area contributed by atoms with Crippen molar-refractivity contribution in [3.05, 3.63) is 64.4 Å². The quantitative estimate of drug-likeness (QED) is 0.817. The highest BCUT2D eigenvalue weighted by atomic mass is 79.9. The normalized spacial score (nSPS) is 11.0. The summed E-state index contributed by atoms with van der Waals surface area (Å²) in [6, 6.07) is 12.1. The zero-order valence-corrected chi connectivity index (χ0v) is 14.8. The Balaban J connectivity index is 2.29.